The van der Waals surface area contributed by atoms with Gasteiger partial charge in [0.1, 0.15) is 11.3 Å². The first kappa shape index (κ1) is 9.70. The van der Waals surface area contributed by atoms with Gasteiger partial charge in [-0.1, -0.05) is 6.07 Å². The number of fused-ring (bicyclic) bond motifs is 1. The van der Waals surface area contributed by atoms with Gasteiger partial charge in [-0.3, -0.25) is 4.79 Å². The van der Waals surface area contributed by atoms with Gasteiger partial charge < -0.3 is 4.40 Å². The number of alkyl halides is 3. The molecule has 0 amide bonds. The van der Waals surface area contributed by atoms with Gasteiger partial charge in [0.15, 0.2) is 0 Å². The Hall–Kier alpha value is -1.85. The van der Waals surface area contributed by atoms with Crippen molar-refractivity contribution in [2.45, 2.75) is 6.18 Å². The molecule has 3 nitrogen and oxygen atoms in total. The maximum absolute atomic E-state index is 12.1. The van der Waals surface area contributed by atoms with E-state index >= 15 is 0 Å². The third kappa shape index (κ3) is 1.70. The summed E-state index contributed by atoms with van der Waals surface area (Å²) < 4.78 is 37.6. The summed E-state index contributed by atoms with van der Waals surface area (Å²) >= 11 is 0. The van der Waals surface area contributed by atoms with Crippen molar-refractivity contribution < 1.29 is 18.0 Å². The molecule has 0 unspecified atom stereocenters. The van der Waals surface area contributed by atoms with Gasteiger partial charge in [0.2, 0.25) is 0 Å². The molecule has 6 heteroatoms. The summed E-state index contributed by atoms with van der Waals surface area (Å²) in [6, 6.07) is 4.79. The molecule has 0 aliphatic carbocycles. The van der Waals surface area contributed by atoms with E-state index < -0.39 is 17.7 Å². The summed E-state index contributed by atoms with van der Waals surface area (Å²) in [4.78, 5) is 14.4. The van der Waals surface area contributed by atoms with E-state index in [4.69, 9.17) is 0 Å². The number of ketones is 1. The van der Waals surface area contributed by atoms with E-state index in [2.05, 4.69) is 4.98 Å². The number of nitrogens with zero attached hydrogens (tertiary/aromatic N) is 2. The van der Waals surface area contributed by atoms with Crippen LogP contribution < -0.4 is 0 Å². The predicted molar refractivity (Wildman–Crippen MR) is 45.6 cm³/mol. The fourth-order valence-corrected chi connectivity index (χ4v) is 1.19. The molecular weight excluding hydrogens is 209 g/mol. The van der Waals surface area contributed by atoms with Gasteiger partial charge in [0.05, 0.1) is 0 Å². The third-order valence-electron chi connectivity index (χ3n) is 1.85. The minimum absolute atomic E-state index is 0.310. The maximum atomic E-state index is 12.1. The number of imidazole rings is 1. The first-order valence-corrected chi connectivity index (χ1v) is 4.04. The third-order valence-corrected chi connectivity index (χ3v) is 1.85. The molecule has 0 N–H and O–H groups in total. The molecule has 2 aromatic heterocycles. The van der Waals surface area contributed by atoms with Crippen molar-refractivity contribution in [2.75, 3.05) is 0 Å². The number of hydrogen-bond acceptors (Lipinski definition) is 2. The molecule has 0 bridgehead atoms. The Morgan fingerprint density at radius 2 is 2.07 bits per heavy atom. The highest BCUT2D eigenvalue weighted by atomic mass is 19.4. The molecule has 15 heavy (non-hydrogen) atoms. The van der Waals surface area contributed by atoms with Crippen molar-refractivity contribution in [3.05, 3.63) is 36.3 Å². The lowest BCUT2D eigenvalue weighted by molar-refractivity contribution is -0.0887. The van der Waals surface area contributed by atoms with E-state index in [1.165, 1.54) is 16.7 Å². The van der Waals surface area contributed by atoms with Gasteiger partial charge >= 0.3 is 6.18 Å². The molecule has 78 valence electrons. The molecule has 0 saturated carbocycles. The zero-order valence-electron chi connectivity index (χ0n) is 7.32. The highest BCUT2D eigenvalue weighted by Crippen LogP contribution is 2.21. The van der Waals surface area contributed by atoms with E-state index in [-0.39, 0.29) is 0 Å². The second kappa shape index (κ2) is 3.08. The highest BCUT2D eigenvalue weighted by molar-refractivity contribution is 5.99. The van der Waals surface area contributed by atoms with E-state index in [9.17, 15) is 18.0 Å². The Balaban J connectivity index is 2.50. The van der Waals surface area contributed by atoms with E-state index in [1.54, 1.807) is 12.1 Å². The van der Waals surface area contributed by atoms with Crippen LogP contribution in [0.15, 0.2) is 30.6 Å². The monoisotopic (exact) mass is 214 g/mol. The average molecular weight is 214 g/mol. The van der Waals surface area contributed by atoms with Gasteiger partial charge in [-0.25, -0.2) is 4.98 Å². The highest BCUT2D eigenvalue weighted by Gasteiger charge is 2.40. The smallest absolute Gasteiger partial charge is 0.306 e. The molecule has 0 radical (unpaired) electrons. The minimum Gasteiger partial charge on any atom is -0.306 e. The zero-order valence-corrected chi connectivity index (χ0v) is 7.32. The van der Waals surface area contributed by atoms with Crippen molar-refractivity contribution in [1.29, 1.82) is 0 Å². The summed E-state index contributed by atoms with van der Waals surface area (Å²) in [5.74, 6) is -1.92. The summed E-state index contributed by atoms with van der Waals surface area (Å²) in [5.41, 5.74) is -0.279. The van der Waals surface area contributed by atoms with Crippen LogP contribution in [0.5, 0.6) is 0 Å². The van der Waals surface area contributed by atoms with Crippen molar-refractivity contribution in [3.63, 3.8) is 0 Å². The second-order valence-electron chi connectivity index (χ2n) is 2.92. The van der Waals surface area contributed by atoms with Crippen LogP contribution in [0, 0.1) is 0 Å². The molecule has 0 aromatic carbocycles. The summed E-state index contributed by atoms with van der Waals surface area (Å²) in [6.07, 6.45) is -2.29. The van der Waals surface area contributed by atoms with Crippen LogP contribution in [0.2, 0.25) is 0 Å². The molecule has 0 aliphatic heterocycles. The van der Waals surface area contributed by atoms with Crippen LogP contribution >= 0.6 is 0 Å². The molecular formula is C9H5F3N2O. The zero-order chi connectivity index (χ0) is 11.1. The summed E-state index contributed by atoms with van der Waals surface area (Å²) in [5, 5.41) is 0. The first-order chi connectivity index (χ1) is 6.98. The van der Waals surface area contributed by atoms with Gasteiger partial charge in [-0.15, -0.1) is 0 Å². The SMILES string of the molecule is O=C(c1cn2ccccc2n1)C(F)(F)F. The molecule has 0 atom stereocenters. The van der Waals surface area contributed by atoms with Crippen LogP contribution in [0.3, 0.4) is 0 Å². The predicted octanol–water partition coefficient (Wildman–Crippen LogP) is 2.08. The lowest BCUT2D eigenvalue weighted by Gasteiger charge is -2.00. The van der Waals surface area contributed by atoms with Crippen LogP contribution in [-0.4, -0.2) is 21.3 Å². The Morgan fingerprint density at radius 3 is 2.67 bits per heavy atom. The largest absolute Gasteiger partial charge is 0.456 e. The summed E-state index contributed by atoms with van der Waals surface area (Å²) in [6.45, 7) is 0. The molecule has 0 aliphatic rings. The Kier molecular flexibility index (Phi) is 1.99. The molecule has 0 saturated heterocycles. The topological polar surface area (TPSA) is 34.4 Å². The molecule has 2 rings (SSSR count). The fourth-order valence-electron chi connectivity index (χ4n) is 1.19. The molecule has 2 aromatic rings. The second-order valence-corrected chi connectivity index (χ2v) is 2.92. The Bertz CT molecular complexity index is 482. The number of carbonyl (C=O) groups excluding carboxylic acids is 1. The van der Waals surface area contributed by atoms with Crippen LogP contribution in [0.1, 0.15) is 10.5 Å². The van der Waals surface area contributed by atoms with Crippen molar-refractivity contribution in [1.82, 2.24) is 9.38 Å². The number of carbonyl (C=O) groups is 1. The van der Waals surface area contributed by atoms with Crippen molar-refractivity contribution in [2.24, 2.45) is 0 Å². The van der Waals surface area contributed by atoms with Gasteiger partial charge in [-0.2, -0.15) is 13.2 Å². The van der Waals surface area contributed by atoms with Crippen LogP contribution in [0.25, 0.3) is 5.65 Å². The van der Waals surface area contributed by atoms with E-state index in [0.717, 1.165) is 6.20 Å². The van der Waals surface area contributed by atoms with Crippen LogP contribution in [-0.2, 0) is 0 Å². The number of Topliss-reactive ketones (excluding diaryl/α,β-unsaturated/α-hetero) is 1. The van der Waals surface area contributed by atoms with Gasteiger partial charge in [-0.05, 0) is 12.1 Å². The molecule has 0 fully saturated rings. The minimum atomic E-state index is -4.88. The maximum Gasteiger partial charge on any atom is 0.456 e. The fraction of sp³-hybridized carbons (Fsp3) is 0.111. The summed E-state index contributed by atoms with van der Waals surface area (Å²) in [7, 11) is 0. The van der Waals surface area contributed by atoms with Crippen LogP contribution in [0.4, 0.5) is 13.2 Å². The Morgan fingerprint density at radius 1 is 1.33 bits per heavy atom. The lowest BCUT2D eigenvalue weighted by Crippen LogP contribution is -2.22. The normalized spacial score (nSPS) is 11.9. The van der Waals surface area contributed by atoms with E-state index in [1.807, 2.05) is 0 Å². The van der Waals surface area contributed by atoms with Crippen molar-refractivity contribution >= 4 is 11.4 Å². The van der Waals surface area contributed by atoms with Crippen molar-refractivity contribution in [3.8, 4) is 0 Å². The quantitative estimate of drug-likeness (QED) is 0.681. The number of halogens is 3. The number of hydrogen-bond donors (Lipinski definition) is 0. The average Bonchev–Trinajstić information content (AvgIpc) is 2.58. The Labute approximate surface area is 82.2 Å². The molecule has 2 heterocycles. The van der Waals surface area contributed by atoms with Gasteiger partial charge in [0.25, 0.3) is 5.78 Å². The molecule has 0 spiro atoms. The standard InChI is InChI=1S/C9H5F3N2O/c10-9(11,12)8(15)6-5-14-4-2-1-3-7(14)13-6/h1-5H. The lowest BCUT2D eigenvalue weighted by atomic mass is 10.3. The number of aromatic nitrogens is 2. The van der Waals surface area contributed by atoms with E-state index in [0.29, 0.717) is 5.65 Å². The first-order valence-electron chi connectivity index (χ1n) is 4.04. The number of rotatable bonds is 1. The van der Waals surface area contributed by atoms with Gasteiger partial charge in [0, 0.05) is 12.4 Å². The number of pyridine rings is 1.